The molecule has 0 saturated carbocycles. The molecule has 3 heteroatoms. The predicted molar refractivity (Wildman–Crippen MR) is 69.9 cm³/mol. The molecule has 0 spiro atoms. The maximum atomic E-state index is 5.21. The predicted octanol–water partition coefficient (Wildman–Crippen LogP) is 4.38. The second kappa shape index (κ2) is 6.14. The molecule has 0 saturated heterocycles. The van der Waals surface area contributed by atoms with Crippen LogP contribution in [0.1, 0.15) is 26.2 Å². The molecule has 0 amide bonds. The van der Waals surface area contributed by atoms with Crippen LogP contribution < -0.4 is 5.32 Å². The third-order valence-electron chi connectivity index (χ3n) is 1.89. The van der Waals surface area contributed by atoms with Crippen LogP contribution in [0.2, 0.25) is 0 Å². The topological polar surface area (TPSA) is 12.0 Å². The maximum Gasteiger partial charge on any atom is 0.0797 e. The number of thiocarbonyl (C=S) groups is 1. The summed E-state index contributed by atoms with van der Waals surface area (Å²) in [5, 5.41) is 3.21. The lowest BCUT2D eigenvalue weighted by Crippen LogP contribution is -2.08. The van der Waals surface area contributed by atoms with E-state index in [1.165, 1.54) is 6.42 Å². The molecule has 1 aromatic rings. The highest BCUT2D eigenvalue weighted by molar-refractivity contribution is 9.10. The van der Waals surface area contributed by atoms with Crippen LogP contribution in [0.3, 0.4) is 0 Å². The molecular formula is C11H14BrNS. The van der Waals surface area contributed by atoms with Crippen molar-refractivity contribution in [1.82, 2.24) is 0 Å². The first-order chi connectivity index (χ1) is 6.72. The van der Waals surface area contributed by atoms with Gasteiger partial charge in [0.1, 0.15) is 0 Å². The summed E-state index contributed by atoms with van der Waals surface area (Å²) in [6.07, 6.45) is 3.31. The molecule has 0 aliphatic rings. The van der Waals surface area contributed by atoms with Gasteiger partial charge in [-0.2, -0.15) is 0 Å². The Balaban J connectivity index is 2.44. The van der Waals surface area contributed by atoms with Gasteiger partial charge >= 0.3 is 0 Å². The van der Waals surface area contributed by atoms with Gasteiger partial charge in [0.05, 0.1) is 4.99 Å². The summed E-state index contributed by atoms with van der Waals surface area (Å²) in [6, 6.07) is 8.04. The standard InChI is InChI=1S/C11H14BrNS/c1-2-3-4-11(14)13-10-7-5-9(12)6-8-10/h5-8H,2-4H2,1H3,(H,13,14). The fourth-order valence-corrected chi connectivity index (χ4v) is 1.62. The molecule has 0 aromatic heterocycles. The Kier molecular flexibility index (Phi) is 5.12. The quantitative estimate of drug-likeness (QED) is 0.816. The van der Waals surface area contributed by atoms with Crippen molar-refractivity contribution in [1.29, 1.82) is 0 Å². The van der Waals surface area contributed by atoms with Crippen molar-refractivity contribution in [3.8, 4) is 0 Å². The number of hydrogen-bond donors (Lipinski definition) is 1. The third-order valence-corrected chi connectivity index (χ3v) is 2.72. The van der Waals surface area contributed by atoms with Crippen molar-refractivity contribution < 1.29 is 0 Å². The van der Waals surface area contributed by atoms with Crippen LogP contribution in [0, 0.1) is 0 Å². The number of hydrogen-bond acceptors (Lipinski definition) is 1. The third kappa shape index (κ3) is 4.20. The van der Waals surface area contributed by atoms with E-state index in [1.807, 2.05) is 24.3 Å². The lowest BCUT2D eigenvalue weighted by atomic mass is 10.2. The van der Waals surface area contributed by atoms with Crippen LogP contribution in [0.4, 0.5) is 5.69 Å². The number of rotatable bonds is 4. The molecule has 14 heavy (non-hydrogen) atoms. The number of halogens is 1. The van der Waals surface area contributed by atoms with Gasteiger partial charge in [-0.15, -0.1) is 0 Å². The van der Waals surface area contributed by atoms with E-state index in [0.717, 1.165) is 28.0 Å². The normalized spacial score (nSPS) is 9.86. The molecule has 1 nitrogen and oxygen atoms in total. The van der Waals surface area contributed by atoms with Crippen LogP contribution in [-0.4, -0.2) is 4.99 Å². The molecular weight excluding hydrogens is 258 g/mol. The van der Waals surface area contributed by atoms with Crippen LogP contribution >= 0.6 is 28.1 Å². The maximum absolute atomic E-state index is 5.21. The number of nitrogens with one attached hydrogen (secondary N) is 1. The zero-order valence-corrected chi connectivity index (χ0v) is 10.6. The van der Waals surface area contributed by atoms with E-state index in [2.05, 4.69) is 28.2 Å². The van der Waals surface area contributed by atoms with Gasteiger partial charge in [0.25, 0.3) is 0 Å². The summed E-state index contributed by atoms with van der Waals surface area (Å²) in [5.41, 5.74) is 1.06. The highest BCUT2D eigenvalue weighted by atomic mass is 79.9. The fourth-order valence-electron chi connectivity index (χ4n) is 1.09. The van der Waals surface area contributed by atoms with Gasteiger partial charge < -0.3 is 5.32 Å². The van der Waals surface area contributed by atoms with Crippen LogP contribution in [0.5, 0.6) is 0 Å². The van der Waals surface area contributed by atoms with E-state index in [0.29, 0.717) is 0 Å². The number of benzene rings is 1. The Morgan fingerprint density at radius 2 is 2.00 bits per heavy atom. The molecule has 76 valence electrons. The Labute approximate surface area is 99.0 Å². The molecule has 0 radical (unpaired) electrons. The zero-order chi connectivity index (χ0) is 10.4. The first-order valence-corrected chi connectivity index (χ1v) is 5.98. The minimum absolute atomic E-state index is 0.925. The van der Waals surface area contributed by atoms with Crippen molar-refractivity contribution in [2.75, 3.05) is 5.32 Å². The van der Waals surface area contributed by atoms with Gasteiger partial charge in [0.2, 0.25) is 0 Å². The fraction of sp³-hybridized carbons (Fsp3) is 0.364. The average Bonchev–Trinajstić information content (AvgIpc) is 2.18. The van der Waals surface area contributed by atoms with Crippen LogP contribution in [-0.2, 0) is 0 Å². The van der Waals surface area contributed by atoms with Crippen molar-refractivity contribution in [2.45, 2.75) is 26.2 Å². The van der Waals surface area contributed by atoms with Gasteiger partial charge in [-0.3, -0.25) is 0 Å². The minimum atomic E-state index is 0.925. The Morgan fingerprint density at radius 1 is 1.36 bits per heavy atom. The zero-order valence-electron chi connectivity index (χ0n) is 8.22. The van der Waals surface area contributed by atoms with Gasteiger partial charge in [0, 0.05) is 10.2 Å². The van der Waals surface area contributed by atoms with Crippen molar-refractivity contribution in [3.63, 3.8) is 0 Å². The van der Waals surface area contributed by atoms with E-state index >= 15 is 0 Å². The van der Waals surface area contributed by atoms with Crippen molar-refractivity contribution in [3.05, 3.63) is 28.7 Å². The number of unbranched alkanes of at least 4 members (excludes halogenated alkanes) is 1. The number of anilines is 1. The van der Waals surface area contributed by atoms with E-state index in [1.54, 1.807) is 0 Å². The lowest BCUT2D eigenvalue weighted by molar-refractivity contribution is 0.839. The molecule has 0 aliphatic heterocycles. The molecule has 0 heterocycles. The SMILES string of the molecule is CCCCC(=S)Nc1ccc(Br)cc1. The van der Waals surface area contributed by atoms with E-state index < -0.39 is 0 Å². The van der Waals surface area contributed by atoms with E-state index in [-0.39, 0.29) is 0 Å². The molecule has 1 N–H and O–H groups in total. The second-order valence-corrected chi connectivity index (χ2v) is 4.57. The highest BCUT2D eigenvalue weighted by Crippen LogP contribution is 2.14. The second-order valence-electron chi connectivity index (χ2n) is 3.16. The molecule has 0 fully saturated rings. The van der Waals surface area contributed by atoms with E-state index in [4.69, 9.17) is 12.2 Å². The van der Waals surface area contributed by atoms with Crippen LogP contribution in [0.15, 0.2) is 28.7 Å². The molecule has 1 rings (SSSR count). The van der Waals surface area contributed by atoms with Crippen molar-refractivity contribution in [2.24, 2.45) is 0 Å². The summed E-state index contributed by atoms with van der Waals surface area (Å²) >= 11 is 8.60. The largest absolute Gasteiger partial charge is 0.350 e. The molecule has 0 bridgehead atoms. The summed E-state index contributed by atoms with van der Waals surface area (Å²) in [5.74, 6) is 0. The molecule has 0 atom stereocenters. The first kappa shape index (κ1) is 11.7. The summed E-state index contributed by atoms with van der Waals surface area (Å²) in [4.78, 5) is 0.925. The molecule has 0 unspecified atom stereocenters. The van der Waals surface area contributed by atoms with Gasteiger partial charge in [-0.25, -0.2) is 0 Å². The monoisotopic (exact) mass is 271 g/mol. The van der Waals surface area contributed by atoms with Gasteiger partial charge in [-0.05, 0) is 37.1 Å². The summed E-state index contributed by atoms with van der Waals surface area (Å²) in [7, 11) is 0. The lowest BCUT2D eigenvalue weighted by Gasteiger charge is -2.06. The molecule has 0 aliphatic carbocycles. The van der Waals surface area contributed by atoms with Gasteiger partial charge in [0.15, 0.2) is 0 Å². The van der Waals surface area contributed by atoms with Crippen molar-refractivity contribution >= 4 is 38.8 Å². The summed E-state index contributed by atoms with van der Waals surface area (Å²) < 4.78 is 1.09. The highest BCUT2D eigenvalue weighted by Gasteiger charge is 1.96. The van der Waals surface area contributed by atoms with E-state index in [9.17, 15) is 0 Å². The smallest absolute Gasteiger partial charge is 0.0797 e. The average molecular weight is 272 g/mol. The minimum Gasteiger partial charge on any atom is -0.350 e. The molecule has 1 aromatic carbocycles. The Hall–Kier alpha value is -0.410. The van der Waals surface area contributed by atoms with Crippen LogP contribution in [0.25, 0.3) is 0 Å². The summed E-state index contributed by atoms with van der Waals surface area (Å²) in [6.45, 7) is 2.17. The Morgan fingerprint density at radius 3 is 2.57 bits per heavy atom. The van der Waals surface area contributed by atoms with Gasteiger partial charge in [-0.1, -0.05) is 41.5 Å². The first-order valence-electron chi connectivity index (χ1n) is 4.78. The Bertz CT molecular complexity index is 295.